The average molecular weight is 317 g/mol. The fourth-order valence-corrected chi connectivity index (χ4v) is 2.50. The lowest BCUT2D eigenvalue weighted by Crippen LogP contribution is -2.43. The van der Waals surface area contributed by atoms with E-state index in [0.29, 0.717) is 12.8 Å². The maximum absolute atomic E-state index is 12.9. The molecule has 0 aromatic heterocycles. The Balaban J connectivity index is 2.86. The number of carbonyl (C=O) groups excluding carboxylic acids is 1. The molecule has 0 saturated heterocycles. The highest BCUT2D eigenvalue weighted by molar-refractivity contribution is 5.95. The lowest BCUT2D eigenvalue weighted by atomic mass is 9.92. The Morgan fingerprint density at radius 2 is 1.68 bits per heavy atom. The Kier molecular flexibility index (Phi) is 6.41. The summed E-state index contributed by atoms with van der Waals surface area (Å²) in [4.78, 5) is 12.0. The van der Waals surface area contributed by atoms with Gasteiger partial charge in [-0.3, -0.25) is 4.79 Å². The fourth-order valence-electron chi connectivity index (χ4n) is 2.50. The SMILES string of the molecule is CCCC(O)(CCC)CNC(=O)c1ccccc1C(F)(F)F. The number of carbonyl (C=O) groups is 1. The zero-order chi connectivity index (χ0) is 16.8. The van der Waals surface area contributed by atoms with Gasteiger partial charge in [0.2, 0.25) is 0 Å². The molecular weight excluding hydrogens is 295 g/mol. The van der Waals surface area contributed by atoms with Crippen LogP contribution in [0.4, 0.5) is 13.2 Å². The Hall–Kier alpha value is -1.56. The third kappa shape index (κ3) is 5.02. The standard InChI is InChI=1S/C16H22F3NO2/c1-3-9-15(22,10-4-2)11-20-14(21)12-7-5-6-8-13(12)16(17,18)19/h5-8,22H,3-4,9-11H2,1-2H3,(H,20,21). The molecule has 2 N–H and O–H groups in total. The third-order valence-corrected chi connectivity index (χ3v) is 3.49. The molecule has 1 amide bonds. The first-order valence-electron chi connectivity index (χ1n) is 7.40. The van der Waals surface area contributed by atoms with Crippen molar-refractivity contribution in [3.05, 3.63) is 35.4 Å². The summed E-state index contributed by atoms with van der Waals surface area (Å²) >= 11 is 0. The second kappa shape index (κ2) is 7.63. The van der Waals surface area contributed by atoms with Gasteiger partial charge in [-0.25, -0.2) is 0 Å². The first-order chi connectivity index (χ1) is 10.2. The second-order valence-electron chi connectivity index (χ2n) is 5.45. The summed E-state index contributed by atoms with van der Waals surface area (Å²) in [5.41, 5.74) is -2.47. The van der Waals surface area contributed by atoms with Crippen LogP contribution < -0.4 is 5.32 Å². The summed E-state index contributed by atoms with van der Waals surface area (Å²) in [7, 11) is 0. The maximum Gasteiger partial charge on any atom is 0.417 e. The minimum atomic E-state index is -4.59. The molecule has 0 aliphatic heterocycles. The summed E-state index contributed by atoms with van der Waals surface area (Å²) in [6.45, 7) is 3.75. The topological polar surface area (TPSA) is 49.3 Å². The van der Waals surface area contributed by atoms with Gasteiger partial charge in [0.15, 0.2) is 0 Å². The average Bonchev–Trinajstić information content (AvgIpc) is 2.44. The van der Waals surface area contributed by atoms with Gasteiger partial charge in [-0.2, -0.15) is 13.2 Å². The van der Waals surface area contributed by atoms with Gasteiger partial charge in [0.05, 0.1) is 16.7 Å². The monoisotopic (exact) mass is 317 g/mol. The number of aliphatic hydroxyl groups is 1. The molecule has 0 aliphatic carbocycles. The van der Waals surface area contributed by atoms with Crippen LogP contribution in [-0.2, 0) is 6.18 Å². The van der Waals surface area contributed by atoms with Crippen LogP contribution in [0.25, 0.3) is 0 Å². The summed E-state index contributed by atoms with van der Waals surface area (Å²) in [6.07, 6.45) is -2.15. The number of alkyl halides is 3. The van der Waals surface area contributed by atoms with Gasteiger partial charge in [0, 0.05) is 6.54 Å². The molecule has 22 heavy (non-hydrogen) atoms. The molecule has 3 nitrogen and oxygen atoms in total. The minimum absolute atomic E-state index is 0.0558. The van der Waals surface area contributed by atoms with E-state index < -0.39 is 28.8 Å². The molecule has 0 atom stereocenters. The van der Waals surface area contributed by atoms with E-state index in [2.05, 4.69) is 5.32 Å². The number of benzene rings is 1. The first kappa shape index (κ1) is 18.5. The van der Waals surface area contributed by atoms with E-state index in [9.17, 15) is 23.1 Å². The van der Waals surface area contributed by atoms with E-state index in [1.165, 1.54) is 12.1 Å². The highest BCUT2D eigenvalue weighted by Gasteiger charge is 2.35. The van der Waals surface area contributed by atoms with Crippen LogP contribution in [0.15, 0.2) is 24.3 Å². The fraction of sp³-hybridized carbons (Fsp3) is 0.562. The van der Waals surface area contributed by atoms with Gasteiger partial charge in [-0.15, -0.1) is 0 Å². The van der Waals surface area contributed by atoms with Crippen molar-refractivity contribution in [3.63, 3.8) is 0 Å². The van der Waals surface area contributed by atoms with Crippen LogP contribution >= 0.6 is 0 Å². The molecule has 0 bridgehead atoms. The molecule has 6 heteroatoms. The zero-order valence-electron chi connectivity index (χ0n) is 12.8. The Labute approximate surface area is 128 Å². The maximum atomic E-state index is 12.9. The van der Waals surface area contributed by atoms with E-state index in [1.807, 2.05) is 13.8 Å². The van der Waals surface area contributed by atoms with E-state index in [0.717, 1.165) is 25.0 Å². The van der Waals surface area contributed by atoms with Gasteiger partial charge < -0.3 is 10.4 Å². The van der Waals surface area contributed by atoms with Gasteiger partial charge in [0.25, 0.3) is 5.91 Å². The van der Waals surface area contributed by atoms with Crippen molar-refractivity contribution in [3.8, 4) is 0 Å². The van der Waals surface area contributed by atoms with Crippen LogP contribution in [0.3, 0.4) is 0 Å². The van der Waals surface area contributed by atoms with Crippen molar-refractivity contribution in [2.24, 2.45) is 0 Å². The summed E-state index contributed by atoms with van der Waals surface area (Å²) < 4.78 is 38.7. The second-order valence-corrected chi connectivity index (χ2v) is 5.45. The number of halogens is 3. The number of nitrogens with one attached hydrogen (secondary N) is 1. The highest BCUT2D eigenvalue weighted by atomic mass is 19.4. The molecule has 1 rings (SSSR count). The largest absolute Gasteiger partial charge is 0.417 e. The molecule has 0 spiro atoms. The van der Waals surface area contributed by atoms with Crippen LogP contribution in [0.1, 0.15) is 55.5 Å². The van der Waals surface area contributed by atoms with Crippen molar-refractivity contribution >= 4 is 5.91 Å². The minimum Gasteiger partial charge on any atom is -0.388 e. The van der Waals surface area contributed by atoms with Crippen molar-refractivity contribution < 1.29 is 23.1 Å². The number of amides is 1. The smallest absolute Gasteiger partial charge is 0.388 e. The summed E-state index contributed by atoms with van der Waals surface area (Å²) in [5, 5.41) is 12.8. The quantitative estimate of drug-likeness (QED) is 0.804. The van der Waals surface area contributed by atoms with E-state index in [1.54, 1.807) is 0 Å². The molecule has 1 aromatic rings. The van der Waals surface area contributed by atoms with Crippen LogP contribution in [0.2, 0.25) is 0 Å². The lowest BCUT2D eigenvalue weighted by Gasteiger charge is -2.28. The summed E-state index contributed by atoms with van der Waals surface area (Å²) in [5.74, 6) is -0.821. The molecule has 0 aliphatic rings. The Morgan fingerprint density at radius 1 is 1.14 bits per heavy atom. The molecule has 0 fully saturated rings. The van der Waals surface area contributed by atoms with Gasteiger partial charge >= 0.3 is 6.18 Å². The molecular formula is C16H22F3NO2. The number of rotatable bonds is 7. The number of hydrogen-bond donors (Lipinski definition) is 2. The third-order valence-electron chi connectivity index (χ3n) is 3.49. The predicted molar refractivity (Wildman–Crippen MR) is 78.5 cm³/mol. The highest BCUT2D eigenvalue weighted by Crippen LogP contribution is 2.31. The molecule has 0 saturated carbocycles. The first-order valence-corrected chi connectivity index (χ1v) is 7.40. The summed E-state index contributed by atoms with van der Waals surface area (Å²) in [6, 6.07) is 4.63. The zero-order valence-corrected chi connectivity index (χ0v) is 12.8. The molecule has 0 radical (unpaired) electrons. The van der Waals surface area contributed by atoms with E-state index in [4.69, 9.17) is 0 Å². The normalized spacial score (nSPS) is 12.3. The van der Waals surface area contributed by atoms with Gasteiger partial charge in [-0.1, -0.05) is 38.8 Å². The Bertz CT molecular complexity index is 494. The van der Waals surface area contributed by atoms with Crippen molar-refractivity contribution in [2.45, 2.75) is 51.3 Å². The van der Waals surface area contributed by atoms with Crippen molar-refractivity contribution in [1.82, 2.24) is 5.32 Å². The molecule has 1 aromatic carbocycles. The van der Waals surface area contributed by atoms with Crippen molar-refractivity contribution in [2.75, 3.05) is 6.54 Å². The van der Waals surface area contributed by atoms with Crippen molar-refractivity contribution in [1.29, 1.82) is 0 Å². The van der Waals surface area contributed by atoms with Crippen LogP contribution in [0, 0.1) is 0 Å². The molecule has 124 valence electrons. The van der Waals surface area contributed by atoms with E-state index >= 15 is 0 Å². The van der Waals surface area contributed by atoms with Gasteiger partial charge in [-0.05, 0) is 25.0 Å². The Morgan fingerprint density at radius 3 is 2.18 bits per heavy atom. The van der Waals surface area contributed by atoms with E-state index in [-0.39, 0.29) is 6.54 Å². The lowest BCUT2D eigenvalue weighted by molar-refractivity contribution is -0.137. The van der Waals surface area contributed by atoms with Crippen LogP contribution in [-0.4, -0.2) is 23.2 Å². The molecule has 0 unspecified atom stereocenters. The van der Waals surface area contributed by atoms with Crippen LogP contribution in [0.5, 0.6) is 0 Å². The number of hydrogen-bond acceptors (Lipinski definition) is 2. The van der Waals surface area contributed by atoms with Gasteiger partial charge in [0.1, 0.15) is 0 Å². The predicted octanol–water partition coefficient (Wildman–Crippen LogP) is 3.77. The molecule has 0 heterocycles.